The standard InChI is InChI=1S/C17H20N2O2/c20-12-14-6-4-8-16(14)18-17(21)13-5-3-7-15(11-13)19-9-1-2-10-19/h1-3,5,7,9-11,14,16,20H,4,6,8,12H2,(H,18,21). The molecule has 1 aromatic carbocycles. The summed E-state index contributed by atoms with van der Waals surface area (Å²) in [5.74, 6) is 0.135. The van der Waals surface area contributed by atoms with Crippen molar-refractivity contribution in [3.8, 4) is 5.69 Å². The van der Waals surface area contributed by atoms with Crippen LogP contribution in [0.5, 0.6) is 0 Å². The maximum atomic E-state index is 12.4. The molecule has 4 nitrogen and oxygen atoms in total. The molecule has 1 saturated carbocycles. The van der Waals surface area contributed by atoms with Gasteiger partial charge in [0, 0.05) is 42.2 Å². The van der Waals surface area contributed by atoms with Crippen LogP contribution in [0.3, 0.4) is 0 Å². The third-order valence-corrected chi connectivity index (χ3v) is 4.22. The maximum absolute atomic E-state index is 12.4. The number of nitrogens with one attached hydrogen (secondary N) is 1. The van der Waals surface area contributed by atoms with Gasteiger partial charge in [-0.25, -0.2) is 0 Å². The van der Waals surface area contributed by atoms with Crippen LogP contribution >= 0.6 is 0 Å². The molecule has 0 radical (unpaired) electrons. The average molecular weight is 284 g/mol. The number of carbonyl (C=O) groups is 1. The van der Waals surface area contributed by atoms with Crippen LogP contribution in [0.2, 0.25) is 0 Å². The highest BCUT2D eigenvalue weighted by molar-refractivity contribution is 5.95. The van der Waals surface area contributed by atoms with E-state index in [9.17, 15) is 9.90 Å². The van der Waals surface area contributed by atoms with E-state index in [1.54, 1.807) is 0 Å². The zero-order valence-corrected chi connectivity index (χ0v) is 11.9. The molecule has 4 heteroatoms. The van der Waals surface area contributed by atoms with Crippen LogP contribution < -0.4 is 5.32 Å². The summed E-state index contributed by atoms with van der Waals surface area (Å²) in [6, 6.07) is 11.6. The van der Waals surface area contributed by atoms with Crippen molar-refractivity contribution in [1.29, 1.82) is 0 Å². The molecule has 0 saturated heterocycles. The highest BCUT2D eigenvalue weighted by Gasteiger charge is 2.28. The number of hydrogen-bond acceptors (Lipinski definition) is 2. The molecule has 0 aliphatic heterocycles. The van der Waals surface area contributed by atoms with Crippen molar-refractivity contribution in [2.75, 3.05) is 6.61 Å². The van der Waals surface area contributed by atoms with Gasteiger partial charge >= 0.3 is 0 Å². The van der Waals surface area contributed by atoms with E-state index in [1.807, 2.05) is 53.4 Å². The van der Waals surface area contributed by atoms with Crippen LogP contribution in [0, 0.1) is 5.92 Å². The molecular weight excluding hydrogens is 264 g/mol. The van der Waals surface area contributed by atoms with Crippen molar-refractivity contribution in [3.63, 3.8) is 0 Å². The predicted molar refractivity (Wildman–Crippen MR) is 81.5 cm³/mol. The summed E-state index contributed by atoms with van der Waals surface area (Å²) in [5.41, 5.74) is 1.63. The first-order chi connectivity index (χ1) is 10.3. The Balaban J connectivity index is 1.74. The topological polar surface area (TPSA) is 54.3 Å². The first-order valence-electron chi connectivity index (χ1n) is 7.43. The molecule has 21 heavy (non-hydrogen) atoms. The third kappa shape index (κ3) is 3.00. The number of benzene rings is 1. The van der Waals surface area contributed by atoms with E-state index in [0.717, 1.165) is 24.9 Å². The molecule has 2 atom stereocenters. The number of nitrogens with zero attached hydrogens (tertiary/aromatic N) is 1. The molecule has 1 aliphatic rings. The average Bonchev–Trinajstić information content (AvgIpc) is 3.18. The number of aliphatic hydroxyl groups excluding tert-OH is 1. The van der Waals surface area contributed by atoms with Crippen molar-refractivity contribution < 1.29 is 9.90 Å². The largest absolute Gasteiger partial charge is 0.396 e. The molecule has 1 heterocycles. The number of rotatable bonds is 4. The Labute approximate surface area is 124 Å². The van der Waals surface area contributed by atoms with E-state index in [1.165, 1.54) is 0 Å². The van der Waals surface area contributed by atoms with Crippen LogP contribution in [-0.2, 0) is 0 Å². The lowest BCUT2D eigenvalue weighted by molar-refractivity contribution is 0.0916. The Morgan fingerprint density at radius 3 is 2.81 bits per heavy atom. The monoisotopic (exact) mass is 284 g/mol. The van der Waals surface area contributed by atoms with Crippen LogP contribution in [0.25, 0.3) is 5.69 Å². The van der Waals surface area contributed by atoms with Crippen LogP contribution in [0.4, 0.5) is 0 Å². The Morgan fingerprint density at radius 2 is 2.05 bits per heavy atom. The van der Waals surface area contributed by atoms with Gasteiger partial charge < -0.3 is 15.0 Å². The molecule has 0 spiro atoms. The smallest absolute Gasteiger partial charge is 0.251 e. The number of aliphatic hydroxyl groups is 1. The number of carbonyl (C=O) groups excluding carboxylic acids is 1. The van der Waals surface area contributed by atoms with Crippen molar-refractivity contribution in [2.45, 2.75) is 25.3 Å². The summed E-state index contributed by atoms with van der Waals surface area (Å²) in [5, 5.41) is 12.4. The fourth-order valence-corrected chi connectivity index (χ4v) is 3.01. The quantitative estimate of drug-likeness (QED) is 0.905. The first kappa shape index (κ1) is 13.9. The van der Waals surface area contributed by atoms with Gasteiger partial charge in [-0.15, -0.1) is 0 Å². The van der Waals surface area contributed by atoms with Gasteiger partial charge in [0.1, 0.15) is 0 Å². The lowest BCUT2D eigenvalue weighted by atomic mass is 10.0. The van der Waals surface area contributed by atoms with E-state index in [4.69, 9.17) is 0 Å². The summed E-state index contributed by atoms with van der Waals surface area (Å²) in [6.45, 7) is 0.147. The SMILES string of the molecule is O=C(NC1CCCC1CO)c1cccc(-n2cccc2)c1. The first-order valence-corrected chi connectivity index (χ1v) is 7.43. The zero-order chi connectivity index (χ0) is 14.7. The van der Waals surface area contributed by atoms with Crippen molar-refractivity contribution >= 4 is 5.91 Å². The Kier molecular flexibility index (Phi) is 4.06. The van der Waals surface area contributed by atoms with Gasteiger partial charge in [-0.1, -0.05) is 12.5 Å². The minimum atomic E-state index is -0.0608. The molecular formula is C17H20N2O2. The van der Waals surface area contributed by atoms with Gasteiger partial charge in [0.25, 0.3) is 5.91 Å². The number of hydrogen-bond donors (Lipinski definition) is 2. The molecule has 1 aromatic heterocycles. The summed E-state index contributed by atoms with van der Waals surface area (Å²) in [7, 11) is 0. The maximum Gasteiger partial charge on any atom is 0.251 e. The molecule has 2 unspecified atom stereocenters. The molecule has 3 rings (SSSR count). The van der Waals surface area contributed by atoms with E-state index in [-0.39, 0.29) is 24.5 Å². The second-order valence-corrected chi connectivity index (χ2v) is 5.59. The van der Waals surface area contributed by atoms with E-state index >= 15 is 0 Å². The number of amides is 1. The van der Waals surface area contributed by atoms with Crippen LogP contribution in [-0.4, -0.2) is 28.2 Å². The molecule has 1 amide bonds. The van der Waals surface area contributed by atoms with Crippen LogP contribution in [0.15, 0.2) is 48.8 Å². The molecule has 2 aromatic rings. The second kappa shape index (κ2) is 6.14. The lowest BCUT2D eigenvalue weighted by Crippen LogP contribution is -2.38. The van der Waals surface area contributed by atoms with Gasteiger partial charge in [0.05, 0.1) is 0 Å². The normalized spacial score (nSPS) is 21.4. The predicted octanol–water partition coefficient (Wildman–Crippen LogP) is 2.37. The lowest BCUT2D eigenvalue weighted by Gasteiger charge is -2.19. The highest BCUT2D eigenvalue weighted by Crippen LogP contribution is 2.25. The highest BCUT2D eigenvalue weighted by atomic mass is 16.3. The molecule has 0 bridgehead atoms. The Bertz CT molecular complexity index is 607. The fraction of sp³-hybridized carbons (Fsp3) is 0.353. The minimum absolute atomic E-state index is 0.0608. The van der Waals surface area contributed by atoms with Crippen molar-refractivity contribution in [1.82, 2.24) is 9.88 Å². The van der Waals surface area contributed by atoms with Gasteiger partial charge in [-0.05, 0) is 43.2 Å². The van der Waals surface area contributed by atoms with Crippen molar-refractivity contribution in [2.24, 2.45) is 5.92 Å². The van der Waals surface area contributed by atoms with Crippen molar-refractivity contribution in [3.05, 3.63) is 54.4 Å². The zero-order valence-electron chi connectivity index (χ0n) is 11.9. The molecule has 1 fully saturated rings. The van der Waals surface area contributed by atoms with Gasteiger partial charge in [0.15, 0.2) is 0 Å². The molecule has 1 aliphatic carbocycles. The van der Waals surface area contributed by atoms with E-state index in [0.29, 0.717) is 5.56 Å². The Hall–Kier alpha value is -2.07. The summed E-state index contributed by atoms with van der Waals surface area (Å²) >= 11 is 0. The van der Waals surface area contributed by atoms with Gasteiger partial charge in [-0.3, -0.25) is 4.79 Å². The minimum Gasteiger partial charge on any atom is -0.396 e. The van der Waals surface area contributed by atoms with E-state index < -0.39 is 0 Å². The summed E-state index contributed by atoms with van der Waals surface area (Å²) in [4.78, 5) is 12.4. The third-order valence-electron chi connectivity index (χ3n) is 4.22. The second-order valence-electron chi connectivity index (χ2n) is 5.59. The molecule has 2 N–H and O–H groups in total. The molecule has 110 valence electrons. The van der Waals surface area contributed by atoms with Crippen LogP contribution in [0.1, 0.15) is 29.6 Å². The Morgan fingerprint density at radius 1 is 1.24 bits per heavy atom. The van der Waals surface area contributed by atoms with E-state index in [2.05, 4.69) is 5.32 Å². The van der Waals surface area contributed by atoms with Gasteiger partial charge in [-0.2, -0.15) is 0 Å². The number of aromatic nitrogens is 1. The fourth-order valence-electron chi connectivity index (χ4n) is 3.01. The van der Waals surface area contributed by atoms with Gasteiger partial charge in [0.2, 0.25) is 0 Å². The summed E-state index contributed by atoms with van der Waals surface area (Å²) in [6.07, 6.45) is 6.92. The summed E-state index contributed by atoms with van der Waals surface area (Å²) < 4.78 is 1.98.